The van der Waals surface area contributed by atoms with Crippen LogP contribution in [0.4, 0.5) is 0 Å². The summed E-state index contributed by atoms with van der Waals surface area (Å²) in [4.78, 5) is 14.9. The first-order chi connectivity index (χ1) is 8.99. The molecular weight excluding hydrogens is 234 g/mol. The number of benzene rings is 1. The number of nitrogens with zero attached hydrogens (tertiary/aromatic N) is 1. The maximum atomic E-state index is 12.6. The lowest BCUT2D eigenvalue weighted by Gasteiger charge is -2.40. The lowest BCUT2D eigenvalue weighted by molar-refractivity contribution is -0.126. The molecule has 2 heteroatoms. The Hall–Kier alpha value is -1.15. The zero-order valence-corrected chi connectivity index (χ0v) is 12.6. The van der Waals surface area contributed by atoms with Crippen LogP contribution in [0.5, 0.6) is 0 Å². The maximum absolute atomic E-state index is 12.6. The summed E-state index contributed by atoms with van der Waals surface area (Å²) in [5.74, 6) is 0.410. The van der Waals surface area contributed by atoms with Crippen molar-refractivity contribution >= 4 is 5.78 Å². The second kappa shape index (κ2) is 5.46. The average Bonchev–Trinajstić information content (AvgIpc) is 2.39. The molecular formula is C17H25NO. The van der Waals surface area contributed by atoms with Crippen molar-refractivity contribution in [3.63, 3.8) is 0 Å². The van der Waals surface area contributed by atoms with Crippen LogP contribution < -0.4 is 0 Å². The number of carbonyl (C=O) groups excluding carboxylic acids is 1. The molecule has 19 heavy (non-hydrogen) atoms. The fourth-order valence-corrected chi connectivity index (χ4v) is 3.39. The number of hydrogen-bond acceptors (Lipinski definition) is 2. The molecule has 104 valence electrons. The maximum Gasteiger partial charge on any atom is 0.143 e. The Morgan fingerprint density at radius 3 is 2.42 bits per heavy atom. The normalized spacial score (nSPS) is 19.4. The second-order valence-electron chi connectivity index (χ2n) is 5.98. The quantitative estimate of drug-likeness (QED) is 0.830. The number of carbonyl (C=O) groups is 1. The standard InChI is InChI=1S/C17H25NO/c1-5-16(19)17(8-10-18(4)11-9-17)15-7-6-13(2)12-14(15)3/h6-7,12H,5,8-11H2,1-4H3. The molecule has 1 aromatic carbocycles. The average molecular weight is 259 g/mol. The molecule has 1 saturated heterocycles. The Labute approximate surface area is 116 Å². The van der Waals surface area contributed by atoms with Gasteiger partial charge in [-0.05, 0) is 58.0 Å². The van der Waals surface area contributed by atoms with Gasteiger partial charge in [-0.2, -0.15) is 0 Å². The molecule has 0 aromatic heterocycles. The smallest absolute Gasteiger partial charge is 0.143 e. The molecule has 1 heterocycles. The van der Waals surface area contributed by atoms with Crippen LogP contribution in [0.3, 0.4) is 0 Å². The molecule has 0 saturated carbocycles. The van der Waals surface area contributed by atoms with Gasteiger partial charge in [0.15, 0.2) is 0 Å². The van der Waals surface area contributed by atoms with E-state index in [2.05, 4.69) is 44.0 Å². The van der Waals surface area contributed by atoms with Crippen LogP contribution in [0.25, 0.3) is 0 Å². The summed E-state index contributed by atoms with van der Waals surface area (Å²) < 4.78 is 0. The first-order valence-corrected chi connectivity index (χ1v) is 7.29. The minimum atomic E-state index is -0.237. The molecule has 2 nitrogen and oxygen atoms in total. The lowest BCUT2D eigenvalue weighted by Crippen LogP contribution is -2.46. The second-order valence-corrected chi connectivity index (χ2v) is 5.98. The van der Waals surface area contributed by atoms with Crippen molar-refractivity contribution in [2.45, 2.75) is 45.4 Å². The van der Waals surface area contributed by atoms with Gasteiger partial charge in [0, 0.05) is 6.42 Å². The fourth-order valence-electron chi connectivity index (χ4n) is 3.39. The van der Waals surface area contributed by atoms with E-state index in [9.17, 15) is 4.79 Å². The third-order valence-electron chi connectivity index (χ3n) is 4.59. The van der Waals surface area contributed by atoms with Crippen molar-refractivity contribution in [2.24, 2.45) is 0 Å². The van der Waals surface area contributed by atoms with Gasteiger partial charge in [0.25, 0.3) is 0 Å². The molecule has 0 spiro atoms. The SMILES string of the molecule is CCC(=O)C1(c2ccc(C)cc2C)CCN(C)CC1. The van der Waals surface area contributed by atoms with Gasteiger partial charge in [0.05, 0.1) is 5.41 Å². The molecule has 0 bridgehead atoms. The topological polar surface area (TPSA) is 20.3 Å². The van der Waals surface area contributed by atoms with Crippen molar-refractivity contribution in [1.82, 2.24) is 4.90 Å². The van der Waals surface area contributed by atoms with E-state index >= 15 is 0 Å². The Balaban J connectivity index is 2.46. The van der Waals surface area contributed by atoms with E-state index in [0.29, 0.717) is 12.2 Å². The van der Waals surface area contributed by atoms with Gasteiger partial charge in [-0.25, -0.2) is 0 Å². The first-order valence-electron chi connectivity index (χ1n) is 7.29. The van der Waals surface area contributed by atoms with Crippen LogP contribution in [0.2, 0.25) is 0 Å². The number of aryl methyl sites for hydroxylation is 2. The van der Waals surface area contributed by atoms with E-state index in [1.54, 1.807) is 0 Å². The van der Waals surface area contributed by atoms with E-state index in [1.807, 2.05) is 6.92 Å². The minimum absolute atomic E-state index is 0.237. The molecule has 0 aliphatic carbocycles. The van der Waals surface area contributed by atoms with Gasteiger partial charge >= 0.3 is 0 Å². The van der Waals surface area contributed by atoms with Crippen molar-refractivity contribution in [2.75, 3.05) is 20.1 Å². The van der Waals surface area contributed by atoms with Gasteiger partial charge in [-0.3, -0.25) is 4.79 Å². The zero-order valence-electron chi connectivity index (χ0n) is 12.6. The third kappa shape index (κ3) is 2.59. The summed E-state index contributed by atoms with van der Waals surface area (Å²) in [7, 11) is 2.14. The van der Waals surface area contributed by atoms with E-state index in [0.717, 1.165) is 25.9 Å². The summed E-state index contributed by atoms with van der Waals surface area (Å²) in [5, 5.41) is 0. The molecule has 1 aliphatic rings. The van der Waals surface area contributed by atoms with Crippen molar-refractivity contribution in [1.29, 1.82) is 0 Å². The van der Waals surface area contributed by atoms with Crippen LogP contribution in [0.1, 0.15) is 42.9 Å². The Morgan fingerprint density at radius 1 is 1.26 bits per heavy atom. The first kappa shape index (κ1) is 14.3. The van der Waals surface area contributed by atoms with Crippen molar-refractivity contribution in [3.05, 3.63) is 34.9 Å². The zero-order chi connectivity index (χ0) is 14.0. The predicted molar refractivity (Wildman–Crippen MR) is 79.6 cm³/mol. The molecule has 1 aliphatic heterocycles. The van der Waals surface area contributed by atoms with E-state index in [-0.39, 0.29) is 5.41 Å². The largest absolute Gasteiger partial charge is 0.306 e. The molecule has 1 fully saturated rings. The number of ketones is 1. The van der Waals surface area contributed by atoms with Gasteiger partial charge in [0.2, 0.25) is 0 Å². The number of rotatable bonds is 3. The number of Topliss-reactive ketones (excluding diaryl/α,β-unsaturated/α-hetero) is 1. The Morgan fingerprint density at radius 2 is 1.89 bits per heavy atom. The van der Waals surface area contributed by atoms with Gasteiger partial charge in [-0.1, -0.05) is 30.7 Å². The van der Waals surface area contributed by atoms with Crippen LogP contribution in [-0.2, 0) is 10.2 Å². The number of piperidine rings is 1. The van der Waals surface area contributed by atoms with Crippen LogP contribution in [0, 0.1) is 13.8 Å². The molecule has 0 atom stereocenters. The number of hydrogen-bond donors (Lipinski definition) is 0. The molecule has 0 amide bonds. The minimum Gasteiger partial charge on any atom is -0.306 e. The fraction of sp³-hybridized carbons (Fsp3) is 0.588. The van der Waals surface area contributed by atoms with Crippen LogP contribution in [0.15, 0.2) is 18.2 Å². The van der Waals surface area contributed by atoms with Crippen molar-refractivity contribution < 1.29 is 4.79 Å². The van der Waals surface area contributed by atoms with Gasteiger partial charge < -0.3 is 4.90 Å². The Kier molecular flexibility index (Phi) is 4.10. The summed E-state index contributed by atoms with van der Waals surface area (Å²) in [5.41, 5.74) is 3.57. The lowest BCUT2D eigenvalue weighted by atomic mass is 9.67. The summed E-state index contributed by atoms with van der Waals surface area (Å²) >= 11 is 0. The predicted octanol–water partition coefficient (Wildman–Crippen LogP) is 3.25. The van der Waals surface area contributed by atoms with Crippen LogP contribution >= 0.6 is 0 Å². The highest BCUT2D eigenvalue weighted by atomic mass is 16.1. The van der Waals surface area contributed by atoms with Gasteiger partial charge in [-0.15, -0.1) is 0 Å². The highest BCUT2D eigenvalue weighted by Gasteiger charge is 2.41. The van der Waals surface area contributed by atoms with E-state index < -0.39 is 0 Å². The number of likely N-dealkylation sites (tertiary alicyclic amines) is 1. The van der Waals surface area contributed by atoms with E-state index in [1.165, 1.54) is 16.7 Å². The summed E-state index contributed by atoms with van der Waals surface area (Å²) in [6, 6.07) is 6.53. The molecule has 2 rings (SSSR count). The third-order valence-corrected chi connectivity index (χ3v) is 4.59. The highest BCUT2D eigenvalue weighted by Crippen LogP contribution is 2.39. The highest BCUT2D eigenvalue weighted by molar-refractivity contribution is 5.90. The van der Waals surface area contributed by atoms with Crippen molar-refractivity contribution in [3.8, 4) is 0 Å². The summed E-state index contributed by atoms with van der Waals surface area (Å²) in [6.45, 7) is 8.27. The van der Waals surface area contributed by atoms with E-state index in [4.69, 9.17) is 0 Å². The summed E-state index contributed by atoms with van der Waals surface area (Å²) in [6.07, 6.45) is 2.55. The Bertz CT molecular complexity index is 470. The monoisotopic (exact) mass is 259 g/mol. The molecule has 1 aromatic rings. The molecule has 0 radical (unpaired) electrons. The van der Waals surface area contributed by atoms with Gasteiger partial charge in [0.1, 0.15) is 5.78 Å². The molecule has 0 N–H and O–H groups in total. The molecule has 0 unspecified atom stereocenters. The van der Waals surface area contributed by atoms with Crippen LogP contribution in [-0.4, -0.2) is 30.8 Å².